The number of ether oxygens (including phenoxy) is 1. The third kappa shape index (κ3) is 4.29. The lowest BCUT2D eigenvalue weighted by atomic mass is 9.94. The van der Waals surface area contributed by atoms with Gasteiger partial charge in [-0.2, -0.15) is 5.10 Å². The van der Waals surface area contributed by atoms with Crippen molar-refractivity contribution in [1.82, 2.24) is 45.7 Å². The number of nitrogens with one attached hydrogen (secondary N) is 4. The minimum absolute atomic E-state index is 0.0793. The number of nitrogens with zero attached hydrogens (tertiary/aromatic N) is 6. The molecule has 2 aliphatic heterocycles. The second-order valence-electron chi connectivity index (χ2n) is 8.78. The summed E-state index contributed by atoms with van der Waals surface area (Å²) in [5.41, 5.74) is 4.37. The molecule has 2 aliphatic rings. The molecular weight excluding hydrogens is 476 g/mol. The Morgan fingerprint density at radius 3 is 2.89 bits per heavy atom. The first kappa shape index (κ1) is 22.8. The third-order valence-corrected chi connectivity index (χ3v) is 6.46. The average molecular weight is 501 g/mol. The Hall–Kier alpha value is -4.65. The van der Waals surface area contributed by atoms with Gasteiger partial charge in [-0.1, -0.05) is 0 Å². The number of aliphatic imine (C=N–C) groups is 1. The normalized spacial score (nSPS) is 17.7. The van der Waals surface area contributed by atoms with Crippen LogP contribution in [0.3, 0.4) is 0 Å². The fourth-order valence-corrected chi connectivity index (χ4v) is 4.50. The first-order valence-electron chi connectivity index (χ1n) is 11.9. The Bertz CT molecular complexity index is 1560. The molecule has 4 aromatic heterocycles. The van der Waals surface area contributed by atoms with E-state index in [0.717, 1.165) is 16.6 Å². The zero-order valence-electron chi connectivity index (χ0n) is 20.0. The Morgan fingerprint density at radius 1 is 1.19 bits per heavy atom. The van der Waals surface area contributed by atoms with Crippen LogP contribution in [0.4, 0.5) is 4.79 Å². The van der Waals surface area contributed by atoms with Crippen molar-refractivity contribution in [2.24, 2.45) is 4.99 Å². The zero-order chi connectivity index (χ0) is 25.4. The molecular formula is C24H24N10O3. The zero-order valence-corrected chi connectivity index (χ0v) is 20.0. The number of H-pyrrole nitrogens is 2. The number of carbonyl (C=O) groups is 2. The monoisotopic (exact) mass is 500 g/mol. The second kappa shape index (κ2) is 9.43. The van der Waals surface area contributed by atoms with Gasteiger partial charge in [-0.05, 0) is 11.6 Å². The average Bonchev–Trinajstić information content (AvgIpc) is 3.57. The third-order valence-electron chi connectivity index (χ3n) is 6.46. The highest BCUT2D eigenvalue weighted by Gasteiger charge is 2.23. The number of amides is 3. The summed E-state index contributed by atoms with van der Waals surface area (Å²) in [6, 6.07) is 1.85. The molecule has 0 spiro atoms. The highest BCUT2D eigenvalue weighted by Crippen LogP contribution is 2.30. The predicted molar refractivity (Wildman–Crippen MR) is 135 cm³/mol. The summed E-state index contributed by atoms with van der Waals surface area (Å²) in [5.74, 6) is 0.172. The van der Waals surface area contributed by atoms with Crippen molar-refractivity contribution in [3.63, 3.8) is 0 Å². The molecule has 3 amide bonds. The number of aromatic nitrogens is 6. The minimum atomic E-state index is -0.268. The number of aromatic amines is 2. The maximum Gasteiger partial charge on any atom is 0.321 e. The maximum atomic E-state index is 12.6. The molecule has 0 aliphatic carbocycles. The molecule has 13 heteroatoms. The van der Waals surface area contributed by atoms with Gasteiger partial charge in [0.1, 0.15) is 11.2 Å². The van der Waals surface area contributed by atoms with E-state index in [-0.39, 0.29) is 17.9 Å². The predicted octanol–water partition coefficient (Wildman–Crippen LogP) is 1.70. The van der Waals surface area contributed by atoms with Crippen molar-refractivity contribution in [1.29, 1.82) is 0 Å². The number of carbonyl (C=O) groups excluding carboxylic acids is 2. The highest BCUT2D eigenvalue weighted by atomic mass is 16.5. The number of pyridine rings is 2. The molecule has 4 aromatic rings. The lowest BCUT2D eigenvalue weighted by molar-refractivity contribution is 0.0537. The van der Waals surface area contributed by atoms with Crippen LogP contribution >= 0.6 is 0 Å². The number of allylic oxidation sites excluding steroid dienone is 1. The number of hydrogen-bond acceptors (Lipinski definition) is 8. The van der Waals surface area contributed by atoms with Crippen molar-refractivity contribution in [2.75, 3.05) is 33.4 Å². The van der Waals surface area contributed by atoms with Crippen molar-refractivity contribution < 1.29 is 14.3 Å². The summed E-state index contributed by atoms with van der Waals surface area (Å²) in [4.78, 5) is 47.5. The number of hydrogen-bond donors (Lipinski definition) is 4. The summed E-state index contributed by atoms with van der Waals surface area (Å²) in [6.45, 7) is 2.22. The molecule has 0 saturated carbocycles. The first-order valence-corrected chi connectivity index (χ1v) is 11.9. The maximum absolute atomic E-state index is 12.6. The van der Waals surface area contributed by atoms with Crippen LogP contribution < -0.4 is 10.6 Å². The Balaban J connectivity index is 1.27. The number of urea groups is 1. The van der Waals surface area contributed by atoms with Crippen molar-refractivity contribution in [3.05, 3.63) is 47.7 Å². The highest BCUT2D eigenvalue weighted by molar-refractivity contribution is 6.05. The molecule has 37 heavy (non-hydrogen) atoms. The fraction of sp³-hybridized carbons (Fsp3) is 0.292. The SMILES string of the molecule is CNC(=O)c1cncc2[nH]c(-c3[nH]nc4ncc(C5C=NC=C(NC(=O)N6CCOCC6)C5)cc34)nc12. The van der Waals surface area contributed by atoms with Gasteiger partial charge >= 0.3 is 6.03 Å². The number of rotatable bonds is 4. The van der Waals surface area contributed by atoms with E-state index in [0.29, 0.717) is 66.5 Å². The first-order chi connectivity index (χ1) is 18.1. The lowest BCUT2D eigenvalue weighted by Crippen LogP contribution is -2.46. The van der Waals surface area contributed by atoms with E-state index >= 15 is 0 Å². The molecule has 13 nitrogen and oxygen atoms in total. The second-order valence-corrected chi connectivity index (χ2v) is 8.78. The minimum Gasteiger partial charge on any atom is -0.378 e. The van der Waals surface area contributed by atoms with Crippen LogP contribution in [0.15, 0.2) is 41.5 Å². The van der Waals surface area contributed by atoms with Crippen LogP contribution in [0.25, 0.3) is 33.6 Å². The van der Waals surface area contributed by atoms with E-state index < -0.39 is 0 Å². The molecule has 4 N–H and O–H groups in total. The van der Waals surface area contributed by atoms with Crippen molar-refractivity contribution in [3.8, 4) is 11.5 Å². The quantitative estimate of drug-likeness (QED) is 0.331. The largest absolute Gasteiger partial charge is 0.378 e. The topological polar surface area (TPSA) is 166 Å². The van der Waals surface area contributed by atoms with E-state index in [1.165, 1.54) is 6.20 Å². The summed E-state index contributed by atoms with van der Waals surface area (Å²) in [5, 5.41) is 13.7. The van der Waals surface area contributed by atoms with E-state index in [1.807, 2.05) is 12.3 Å². The van der Waals surface area contributed by atoms with Crippen LogP contribution in [0.1, 0.15) is 28.3 Å². The van der Waals surface area contributed by atoms with Gasteiger partial charge in [0.2, 0.25) is 0 Å². The summed E-state index contributed by atoms with van der Waals surface area (Å²) >= 11 is 0. The van der Waals surface area contributed by atoms with Crippen LogP contribution in [0.2, 0.25) is 0 Å². The Kier molecular flexibility index (Phi) is 5.81. The van der Waals surface area contributed by atoms with Gasteiger partial charge in [-0.3, -0.25) is 19.9 Å². The molecule has 6 rings (SSSR count). The van der Waals surface area contributed by atoms with E-state index in [9.17, 15) is 9.59 Å². The van der Waals surface area contributed by atoms with E-state index in [1.54, 1.807) is 30.5 Å². The van der Waals surface area contributed by atoms with E-state index in [2.05, 4.69) is 45.8 Å². The summed E-state index contributed by atoms with van der Waals surface area (Å²) in [7, 11) is 1.56. The molecule has 0 radical (unpaired) electrons. The number of morpholine rings is 1. The molecule has 0 aromatic carbocycles. The molecule has 6 heterocycles. The van der Waals surface area contributed by atoms with E-state index in [4.69, 9.17) is 4.74 Å². The molecule has 0 bridgehead atoms. The Morgan fingerprint density at radius 2 is 2.05 bits per heavy atom. The van der Waals surface area contributed by atoms with Gasteiger partial charge in [-0.25, -0.2) is 14.8 Å². The van der Waals surface area contributed by atoms with Gasteiger partial charge in [0.05, 0.1) is 35.9 Å². The molecule has 1 fully saturated rings. The molecule has 1 unspecified atom stereocenters. The van der Waals surface area contributed by atoms with Gasteiger partial charge in [0.25, 0.3) is 5.91 Å². The summed E-state index contributed by atoms with van der Waals surface area (Å²) in [6.07, 6.45) is 8.97. The van der Waals surface area contributed by atoms with Crippen molar-refractivity contribution >= 4 is 40.2 Å². The van der Waals surface area contributed by atoms with Gasteiger partial charge in [0, 0.05) is 63.0 Å². The van der Waals surface area contributed by atoms with Crippen molar-refractivity contribution in [2.45, 2.75) is 12.3 Å². The molecule has 1 saturated heterocycles. The van der Waals surface area contributed by atoms with Gasteiger partial charge in [0.15, 0.2) is 11.5 Å². The lowest BCUT2D eigenvalue weighted by Gasteiger charge is -2.28. The summed E-state index contributed by atoms with van der Waals surface area (Å²) < 4.78 is 5.32. The fourth-order valence-electron chi connectivity index (χ4n) is 4.50. The Labute approximate surface area is 210 Å². The van der Waals surface area contributed by atoms with Gasteiger partial charge < -0.3 is 25.3 Å². The van der Waals surface area contributed by atoms with Gasteiger partial charge in [-0.15, -0.1) is 0 Å². The van der Waals surface area contributed by atoms with Crippen LogP contribution in [0, 0.1) is 0 Å². The molecule has 188 valence electrons. The van der Waals surface area contributed by atoms with Crippen LogP contribution in [-0.2, 0) is 4.74 Å². The number of imidazole rings is 1. The number of fused-ring (bicyclic) bond motifs is 2. The standard InChI is InChI=1S/C24H24N10O3/c1-25-23(35)17-11-27-12-18-19(17)31-22(30-18)20-16-7-14(9-28-21(16)33-32-20)13-6-15(10-26-8-13)29-24(36)34-2-4-37-5-3-34/h7-13H,2-6H2,1H3,(H,25,35)(H,29,36)(H,30,31)(H,28,32,33). The van der Waals surface area contributed by atoms with Crippen LogP contribution in [0.5, 0.6) is 0 Å². The molecule has 1 atom stereocenters. The van der Waals surface area contributed by atoms with Crippen LogP contribution in [-0.4, -0.2) is 86.5 Å². The smallest absolute Gasteiger partial charge is 0.321 e.